The Kier molecular flexibility index (Phi) is 4.86. The van der Waals surface area contributed by atoms with E-state index in [-0.39, 0.29) is 0 Å². The lowest BCUT2D eigenvalue weighted by Crippen LogP contribution is -2.49. The Morgan fingerprint density at radius 3 is 2.20 bits per heavy atom. The minimum absolute atomic E-state index is 0.736. The van der Waals surface area contributed by atoms with Crippen LogP contribution in [-0.4, -0.2) is 28.4 Å². The molecule has 0 fully saturated rings. The Bertz CT molecular complexity index is 1700. The molecular weight excluding hydrogens is 433 g/mol. The van der Waals surface area contributed by atoms with Crippen LogP contribution in [-0.2, 0) is 4.65 Å². The van der Waals surface area contributed by atoms with Crippen molar-refractivity contribution in [2.45, 2.75) is 38.9 Å². The highest BCUT2D eigenvalue weighted by Gasteiger charge is 2.35. The molecular formula is C30H27BNO3. The van der Waals surface area contributed by atoms with E-state index in [4.69, 9.17) is 9.07 Å². The zero-order valence-electron chi connectivity index (χ0n) is 20.4. The monoisotopic (exact) mass is 460 g/mol. The van der Waals surface area contributed by atoms with Gasteiger partial charge in [0.15, 0.2) is 0 Å². The molecule has 6 rings (SSSR count). The lowest BCUT2D eigenvalue weighted by Gasteiger charge is -2.37. The highest BCUT2D eigenvalue weighted by atomic mass is 16.5. The number of nitrogens with zero attached hydrogens (tertiary/aromatic N) is 1. The third kappa shape index (κ3) is 3.54. The molecule has 35 heavy (non-hydrogen) atoms. The number of para-hydroxylation sites is 2. The second-order valence-electron chi connectivity index (χ2n) is 10.2. The van der Waals surface area contributed by atoms with Crippen LogP contribution < -0.4 is 5.46 Å². The molecule has 0 bridgehead atoms. The van der Waals surface area contributed by atoms with Crippen LogP contribution in [0.2, 0.25) is 0 Å². The first kappa shape index (κ1) is 22.0. The van der Waals surface area contributed by atoms with Gasteiger partial charge in [0, 0.05) is 33.3 Å². The van der Waals surface area contributed by atoms with Gasteiger partial charge in [-0.3, -0.25) is 0 Å². The van der Waals surface area contributed by atoms with Crippen LogP contribution in [0.25, 0.3) is 49.4 Å². The number of hydrogen-bond donors (Lipinski definition) is 1. The van der Waals surface area contributed by atoms with Gasteiger partial charge in [-0.1, -0.05) is 54.0 Å². The van der Waals surface area contributed by atoms with Crippen molar-refractivity contribution in [2.75, 3.05) is 0 Å². The van der Waals surface area contributed by atoms with E-state index in [1.165, 1.54) is 5.39 Å². The van der Waals surface area contributed by atoms with Crippen molar-refractivity contribution < 1.29 is 14.2 Å². The number of benzene rings is 4. The molecule has 0 atom stereocenters. The van der Waals surface area contributed by atoms with Gasteiger partial charge in [0.05, 0.1) is 22.2 Å². The fraction of sp³-hybridized carbons (Fsp3) is 0.200. The number of furan rings is 1. The lowest BCUT2D eigenvalue weighted by atomic mass is 9.82. The summed E-state index contributed by atoms with van der Waals surface area (Å²) in [5, 5.41) is 15.0. The van der Waals surface area contributed by atoms with Gasteiger partial charge in [-0.05, 0) is 58.0 Å². The number of aromatic nitrogens is 1. The Hall–Kier alpha value is -3.54. The van der Waals surface area contributed by atoms with Crippen molar-refractivity contribution in [3.63, 3.8) is 0 Å². The van der Waals surface area contributed by atoms with Crippen LogP contribution >= 0.6 is 0 Å². The van der Waals surface area contributed by atoms with E-state index in [9.17, 15) is 5.11 Å². The molecule has 0 saturated heterocycles. The van der Waals surface area contributed by atoms with E-state index < -0.39 is 11.2 Å². The lowest BCUT2D eigenvalue weighted by molar-refractivity contribution is -0.0893. The summed E-state index contributed by atoms with van der Waals surface area (Å²) >= 11 is 0. The van der Waals surface area contributed by atoms with Crippen LogP contribution in [0.1, 0.15) is 27.7 Å². The second kappa shape index (κ2) is 7.74. The molecule has 173 valence electrons. The minimum atomic E-state index is -0.983. The standard InChI is InChI=1S/C30H27BNO3/c1-29(2,33)30(3,4)35-31-19-14-15-21-23-17-24-22-12-8-9-13-27(22)34-28(24)18-26(23)32(25(21)16-19)20-10-6-5-7-11-20/h5-18,33H,1-4H3. The molecule has 0 unspecified atom stereocenters. The van der Waals surface area contributed by atoms with Crippen LogP contribution in [0, 0.1) is 0 Å². The van der Waals surface area contributed by atoms with Crippen LogP contribution in [0.15, 0.2) is 89.3 Å². The summed E-state index contributed by atoms with van der Waals surface area (Å²) in [6.07, 6.45) is 0. The molecule has 0 aliphatic heterocycles. The summed E-state index contributed by atoms with van der Waals surface area (Å²) in [4.78, 5) is 0. The molecule has 0 aliphatic rings. The molecule has 4 aromatic carbocycles. The maximum atomic E-state index is 10.5. The summed E-state index contributed by atoms with van der Waals surface area (Å²) in [6, 6.07) is 29.3. The van der Waals surface area contributed by atoms with E-state index in [1.54, 1.807) is 21.3 Å². The number of fused-ring (bicyclic) bond motifs is 6. The molecule has 0 saturated carbocycles. The van der Waals surface area contributed by atoms with Gasteiger partial charge >= 0.3 is 7.48 Å². The van der Waals surface area contributed by atoms with E-state index >= 15 is 0 Å². The van der Waals surface area contributed by atoms with Crippen molar-refractivity contribution in [3.8, 4) is 5.69 Å². The summed E-state index contributed by atoms with van der Waals surface area (Å²) < 4.78 is 14.5. The molecule has 0 spiro atoms. The Morgan fingerprint density at radius 1 is 0.714 bits per heavy atom. The van der Waals surface area contributed by atoms with E-state index in [1.807, 2.05) is 38.1 Å². The molecule has 1 radical (unpaired) electrons. The maximum absolute atomic E-state index is 10.5. The van der Waals surface area contributed by atoms with E-state index in [0.29, 0.717) is 0 Å². The Labute approximate surface area is 205 Å². The van der Waals surface area contributed by atoms with Crippen molar-refractivity contribution in [2.24, 2.45) is 0 Å². The van der Waals surface area contributed by atoms with Gasteiger partial charge in [-0.25, -0.2) is 0 Å². The zero-order chi connectivity index (χ0) is 24.4. The van der Waals surface area contributed by atoms with Gasteiger partial charge < -0.3 is 18.7 Å². The Morgan fingerprint density at radius 2 is 1.43 bits per heavy atom. The topological polar surface area (TPSA) is 47.5 Å². The predicted octanol–water partition coefficient (Wildman–Crippen LogP) is 6.49. The van der Waals surface area contributed by atoms with E-state index in [2.05, 4.69) is 65.2 Å². The highest BCUT2D eigenvalue weighted by Crippen LogP contribution is 2.38. The first-order valence-electron chi connectivity index (χ1n) is 11.9. The fourth-order valence-electron chi connectivity index (χ4n) is 4.54. The largest absolute Gasteiger partial charge is 0.456 e. The third-order valence-corrected chi connectivity index (χ3v) is 7.27. The second-order valence-corrected chi connectivity index (χ2v) is 10.2. The molecule has 2 heterocycles. The summed E-state index contributed by atoms with van der Waals surface area (Å²) in [7, 11) is 1.74. The number of hydrogen-bond acceptors (Lipinski definition) is 3. The summed E-state index contributed by atoms with van der Waals surface area (Å²) in [5.74, 6) is 0. The highest BCUT2D eigenvalue weighted by molar-refractivity contribution is 6.47. The van der Waals surface area contributed by atoms with Gasteiger partial charge in [-0.15, -0.1) is 0 Å². The molecule has 2 aromatic heterocycles. The van der Waals surface area contributed by atoms with Crippen molar-refractivity contribution >= 4 is 56.7 Å². The number of aliphatic hydroxyl groups is 1. The minimum Gasteiger partial charge on any atom is -0.456 e. The third-order valence-electron chi connectivity index (χ3n) is 7.27. The first-order valence-corrected chi connectivity index (χ1v) is 11.9. The molecule has 1 N–H and O–H groups in total. The smallest absolute Gasteiger partial charge is 0.330 e. The van der Waals surface area contributed by atoms with Crippen molar-refractivity contribution in [3.05, 3.63) is 84.9 Å². The molecule has 0 aliphatic carbocycles. The van der Waals surface area contributed by atoms with Crippen LogP contribution in [0.4, 0.5) is 0 Å². The molecule has 6 aromatic rings. The van der Waals surface area contributed by atoms with Gasteiger partial charge in [0.25, 0.3) is 0 Å². The fourth-order valence-corrected chi connectivity index (χ4v) is 4.54. The molecule has 4 nitrogen and oxygen atoms in total. The molecule has 0 amide bonds. The van der Waals surface area contributed by atoms with Crippen LogP contribution in [0.5, 0.6) is 0 Å². The molecule has 5 heteroatoms. The van der Waals surface area contributed by atoms with Crippen LogP contribution in [0.3, 0.4) is 0 Å². The number of rotatable bonds is 5. The SMILES string of the molecule is CC(C)(O)C(C)(C)O[B]c1ccc2c3cc4c(cc3n(-c3ccccc3)c2c1)oc1ccccc14. The quantitative estimate of drug-likeness (QED) is 0.299. The van der Waals surface area contributed by atoms with Gasteiger partial charge in [0.1, 0.15) is 11.2 Å². The average molecular weight is 460 g/mol. The van der Waals surface area contributed by atoms with Crippen molar-refractivity contribution in [1.29, 1.82) is 0 Å². The predicted molar refractivity (Wildman–Crippen MR) is 145 cm³/mol. The van der Waals surface area contributed by atoms with Gasteiger partial charge in [0.2, 0.25) is 0 Å². The maximum Gasteiger partial charge on any atom is 0.330 e. The summed E-state index contributed by atoms with van der Waals surface area (Å²) in [5.41, 5.74) is 4.24. The van der Waals surface area contributed by atoms with Gasteiger partial charge in [-0.2, -0.15) is 0 Å². The van der Waals surface area contributed by atoms with E-state index in [0.717, 1.165) is 49.5 Å². The summed E-state index contributed by atoms with van der Waals surface area (Å²) in [6.45, 7) is 7.30. The van der Waals surface area contributed by atoms with Crippen molar-refractivity contribution in [1.82, 2.24) is 4.57 Å². The average Bonchev–Trinajstić information content (AvgIpc) is 3.35. The first-order chi connectivity index (χ1) is 16.7. The normalized spacial score (nSPS) is 12.8. The zero-order valence-corrected chi connectivity index (χ0v) is 20.4. The Balaban J connectivity index is 1.58.